The SMILES string of the molecule is CCCCN1CC(C)(C)NCCC1C. The summed E-state index contributed by atoms with van der Waals surface area (Å²) in [6.45, 7) is 12.9. The molecule has 1 aliphatic rings. The first-order valence-electron chi connectivity index (χ1n) is 6.04. The van der Waals surface area contributed by atoms with Crippen molar-refractivity contribution in [1.29, 1.82) is 0 Å². The van der Waals surface area contributed by atoms with Crippen molar-refractivity contribution in [3.05, 3.63) is 0 Å². The molecule has 1 fully saturated rings. The van der Waals surface area contributed by atoms with Crippen LogP contribution in [0.15, 0.2) is 0 Å². The topological polar surface area (TPSA) is 15.3 Å². The Morgan fingerprint density at radius 3 is 2.79 bits per heavy atom. The molecule has 2 nitrogen and oxygen atoms in total. The smallest absolute Gasteiger partial charge is 0.0252 e. The van der Waals surface area contributed by atoms with Gasteiger partial charge < -0.3 is 5.32 Å². The zero-order chi connectivity index (χ0) is 10.6. The van der Waals surface area contributed by atoms with E-state index in [1.165, 1.54) is 32.4 Å². The van der Waals surface area contributed by atoms with E-state index in [-0.39, 0.29) is 0 Å². The quantitative estimate of drug-likeness (QED) is 0.748. The Morgan fingerprint density at radius 1 is 1.43 bits per heavy atom. The van der Waals surface area contributed by atoms with E-state index < -0.39 is 0 Å². The van der Waals surface area contributed by atoms with Gasteiger partial charge in [-0.2, -0.15) is 0 Å². The van der Waals surface area contributed by atoms with Gasteiger partial charge >= 0.3 is 0 Å². The summed E-state index contributed by atoms with van der Waals surface area (Å²) in [5.41, 5.74) is 0.290. The molecular formula is C12H26N2. The molecule has 1 saturated heterocycles. The summed E-state index contributed by atoms with van der Waals surface area (Å²) in [5, 5.41) is 3.62. The van der Waals surface area contributed by atoms with Gasteiger partial charge in [0.2, 0.25) is 0 Å². The lowest BCUT2D eigenvalue weighted by atomic mass is 10.1. The summed E-state index contributed by atoms with van der Waals surface area (Å²) >= 11 is 0. The summed E-state index contributed by atoms with van der Waals surface area (Å²) in [4.78, 5) is 2.64. The predicted molar refractivity (Wildman–Crippen MR) is 62.6 cm³/mol. The first-order chi connectivity index (χ1) is 6.55. The number of nitrogens with zero attached hydrogens (tertiary/aromatic N) is 1. The van der Waals surface area contributed by atoms with Crippen molar-refractivity contribution in [3.63, 3.8) is 0 Å². The van der Waals surface area contributed by atoms with Gasteiger partial charge in [-0.15, -0.1) is 0 Å². The molecule has 0 aromatic heterocycles. The van der Waals surface area contributed by atoms with Gasteiger partial charge in [0.1, 0.15) is 0 Å². The monoisotopic (exact) mass is 198 g/mol. The van der Waals surface area contributed by atoms with Crippen LogP contribution in [0.1, 0.15) is 47.0 Å². The van der Waals surface area contributed by atoms with Crippen molar-refractivity contribution in [2.75, 3.05) is 19.6 Å². The Balaban J connectivity index is 2.50. The van der Waals surface area contributed by atoms with Crippen LogP contribution < -0.4 is 5.32 Å². The van der Waals surface area contributed by atoms with Crippen LogP contribution >= 0.6 is 0 Å². The molecular weight excluding hydrogens is 172 g/mol. The summed E-state index contributed by atoms with van der Waals surface area (Å²) in [5.74, 6) is 0. The van der Waals surface area contributed by atoms with Crippen molar-refractivity contribution in [1.82, 2.24) is 10.2 Å². The number of hydrogen-bond acceptors (Lipinski definition) is 2. The van der Waals surface area contributed by atoms with Gasteiger partial charge in [-0.1, -0.05) is 13.3 Å². The third-order valence-corrected chi connectivity index (χ3v) is 3.19. The maximum absolute atomic E-state index is 3.62. The molecule has 1 N–H and O–H groups in total. The van der Waals surface area contributed by atoms with E-state index in [9.17, 15) is 0 Å². The predicted octanol–water partition coefficient (Wildman–Crippen LogP) is 2.25. The molecule has 0 amide bonds. The minimum Gasteiger partial charge on any atom is -0.310 e. The summed E-state index contributed by atoms with van der Waals surface area (Å²) in [6, 6.07) is 0.746. The van der Waals surface area contributed by atoms with Gasteiger partial charge in [0.25, 0.3) is 0 Å². The Kier molecular flexibility index (Phi) is 4.39. The Morgan fingerprint density at radius 2 is 2.14 bits per heavy atom. The van der Waals surface area contributed by atoms with Gasteiger partial charge in [0, 0.05) is 18.1 Å². The standard InChI is InChI=1S/C12H26N2/c1-5-6-9-14-10-12(3,4)13-8-7-11(14)2/h11,13H,5-10H2,1-4H3. The van der Waals surface area contributed by atoms with Crippen molar-refractivity contribution in [2.24, 2.45) is 0 Å². The lowest BCUT2D eigenvalue weighted by Crippen LogP contribution is -2.47. The second-order valence-electron chi connectivity index (χ2n) is 5.27. The Labute approximate surface area is 89.1 Å². The fraction of sp³-hybridized carbons (Fsp3) is 1.00. The Bertz CT molecular complexity index is 166. The normalized spacial score (nSPS) is 28.7. The second kappa shape index (κ2) is 5.13. The minimum atomic E-state index is 0.290. The maximum atomic E-state index is 3.62. The highest BCUT2D eigenvalue weighted by atomic mass is 15.2. The van der Waals surface area contributed by atoms with Crippen molar-refractivity contribution in [2.45, 2.75) is 58.5 Å². The van der Waals surface area contributed by atoms with Gasteiger partial charge in [0.15, 0.2) is 0 Å². The van der Waals surface area contributed by atoms with Crippen molar-refractivity contribution < 1.29 is 0 Å². The number of unbranched alkanes of at least 4 members (excludes halogenated alkanes) is 1. The second-order valence-corrected chi connectivity index (χ2v) is 5.27. The average Bonchev–Trinajstić information content (AvgIpc) is 2.22. The van der Waals surface area contributed by atoms with Crippen LogP contribution in [0.25, 0.3) is 0 Å². The van der Waals surface area contributed by atoms with E-state index in [0.717, 1.165) is 12.6 Å². The number of rotatable bonds is 3. The molecule has 0 aromatic rings. The van der Waals surface area contributed by atoms with Crippen molar-refractivity contribution >= 4 is 0 Å². The van der Waals surface area contributed by atoms with Gasteiger partial charge in [-0.25, -0.2) is 0 Å². The van der Waals surface area contributed by atoms with Crippen molar-refractivity contribution in [3.8, 4) is 0 Å². The summed E-state index contributed by atoms with van der Waals surface area (Å²) in [6.07, 6.45) is 3.92. The summed E-state index contributed by atoms with van der Waals surface area (Å²) < 4.78 is 0. The molecule has 0 radical (unpaired) electrons. The summed E-state index contributed by atoms with van der Waals surface area (Å²) in [7, 11) is 0. The Hall–Kier alpha value is -0.0800. The van der Waals surface area contributed by atoms with E-state index in [4.69, 9.17) is 0 Å². The molecule has 0 aliphatic carbocycles. The van der Waals surface area contributed by atoms with Crippen LogP contribution in [0.3, 0.4) is 0 Å². The third-order valence-electron chi connectivity index (χ3n) is 3.19. The van der Waals surface area contributed by atoms with Crippen LogP contribution in [-0.2, 0) is 0 Å². The van der Waals surface area contributed by atoms with Gasteiger partial charge in [0.05, 0.1) is 0 Å². The van der Waals surface area contributed by atoms with Crippen LogP contribution in [-0.4, -0.2) is 36.1 Å². The molecule has 1 heterocycles. The van der Waals surface area contributed by atoms with Crippen LogP contribution in [0.5, 0.6) is 0 Å². The van der Waals surface area contributed by atoms with Crippen LogP contribution in [0.2, 0.25) is 0 Å². The highest BCUT2D eigenvalue weighted by Gasteiger charge is 2.27. The minimum absolute atomic E-state index is 0.290. The lowest BCUT2D eigenvalue weighted by molar-refractivity contribution is 0.179. The van der Waals surface area contributed by atoms with Gasteiger partial charge in [-0.05, 0) is 46.7 Å². The average molecular weight is 198 g/mol. The van der Waals surface area contributed by atoms with Crippen LogP contribution in [0.4, 0.5) is 0 Å². The number of hydrogen-bond donors (Lipinski definition) is 1. The van der Waals surface area contributed by atoms with E-state index in [1.54, 1.807) is 0 Å². The van der Waals surface area contributed by atoms with E-state index >= 15 is 0 Å². The zero-order valence-electron chi connectivity index (χ0n) is 10.3. The van der Waals surface area contributed by atoms with E-state index in [2.05, 4.69) is 37.9 Å². The molecule has 1 atom stereocenters. The molecule has 0 aromatic carbocycles. The maximum Gasteiger partial charge on any atom is 0.0252 e. The molecule has 2 heteroatoms. The highest BCUT2D eigenvalue weighted by Crippen LogP contribution is 2.15. The molecule has 1 aliphatic heterocycles. The molecule has 1 rings (SSSR count). The van der Waals surface area contributed by atoms with E-state index in [0.29, 0.717) is 5.54 Å². The van der Waals surface area contributed by atoms with E-state index in [1.807, 2.05) is 0 Å². The molecule has 0 bridgehead atoms. The fourth-order valence-corrected chi connectivity index (χ4v) is 2.18. The third kappa shape index (κ3) is 3.58. The zero-order valence-corrected chi connectivity index (χ0v) is 10.3. The van der Waals surface area contributed by atoms with Crippen LogP contribution in [0, 0.1) is 0 Å². The lowest BCUT2D eigenvalue weighted by Gasteiger charge is -2.32. The molecule has 84 valence electrons. The van der Waals surface area contributed by atoms with Gasteiger partial charge in [-0.3, -0.25) is 4.90 Å². The molecule has 14 heavy (non-hydrogen) atoms. The largest absolute Gasteiger partial charge is 0.310 e. The first-order valence-corrected chi connectivity index (χ1v) is 6.04. The first kappa shape index (κ1) is 12.0. The fourth-order valence-electron chi connectivity index (χ4n) is 2.18. The molecule has 0 saturated carbocycles. The number of nitrogens with one attached hydrogen (secondary N) is 1. The highest BCUT2D eigenvalue weighted by molar-refractivity contribution is 4.87. The molecule has 0 spiro atoms. The molecule has 1 unspecified atom stereocenters.